The molecular weight excluding hydrogens is 471 g/mol. The van der Waals surface area contributed by atoms with Crippen molar-refractivity contribution in [3.63, 3.8) is 0 Å². The summed E-state index contributed by atoms with van der Waals surface area (Å²) in [6.07, 6.45) is 8.20. The molecule has 8 bridgehead atoms. The molecule has 7 rings (SSSR count). The number of aromatic nitrogens is 4. The van der Waals surface area contributed by atoms with E-state index in [9.17, 15) is 0 Å². The van der Waals surface area contributed by atoms with E-state index in [-0.39, 0.29) is 17.1 Å². The first-order valence-electron chi connectivity index (χ1n) is 11.3. The molecule has 2 N–H and O–H groups in total. The average Bonchev–Trinajstić information content (AvgIpc) is 3.64. The molecule has 2 aromatic carbocycles. The number of nitrogens with one attached hydrogen (secondary N) is 2. The summed E-state index contributed by atoms with van der Waals surface area (Å²) >= 11 is 0. The van der Waals surface area contributed by atoms with Gasteiger partial charge in [0, 0.05) is 44.7 Å². The van der Waals surface area contributed by atoms with E-state index < -0.39 is 0 Å². The molecule has 1 radical (unpaired) electrons. The van der Waals surface area contributed by atoms with Gasteiger partial charge in [-0.15, -0.1) is 0 Å². The third-order valence-electron chi connectivity index (χ3n) is 6.25. The zero-order valence-corrected chi connectivity index (χ0v) is 19.8. The van der Waals surface area contributed by atoms with Gasteiger partial charge in [0.05, 0.1) is 22.8 Å². The molecule has 5 heterocycles. The minimum Gasteiger partial charge on any atom is -0.355 e. The largest absolute Gasteiger partial charge is 0.355 e. The molecule has 4 nitrogen and oxygen atoms in total. The van der Waals surface area contributed by atoms with Crippen LogP contribution in [0.2, 0.25) is 0 Å². The Kier molecular flexibility index (Phi) is 5.22. The SMILES string of the molecule is C1=Cc2cc3cc(-c4cccc5ccccc45)c(cc4nc(cc5ccc(cc1n2)[nH]5)C=C4)[nH]3.[Mn]. The Morgan fingerprint density at radius 2 is 1.09 bits per heavy atom. The normalized spacial score (nSPS) is 12.1. The molecule has 0 spiro atoms. The van der Waals surface area contributed by atoms with Crippen molar-refractivity contribution >= 4 is 57.1 Å². The fraction of sp³-hybridized carbons (Fsp3) is 0. The first kappa shape index (κ1) is 21.4. The molecule has 167 valence electrons. The van der Waals surface area contributed by atoms with E-state index in [0.29, 0.717) is 0 Å². The van der Waals surface area contributed by atoms with E-state index in [4.69, 9.17) is 9.97 Å². The smallest absolute Gasteiger partial charge is 0.0658 e. The first-order valence-corrected chi connectivity index (χ1v) is 11.3. The second-order valence-electron chi connectivity index (χ2n) is 8.61. The van der Waals surface area contributed by atoms with E-state index in [1.165, 1.54) is 16.3 Å². The van der Waals surface area contributed by atoms with E-state index >= 15 is 0 Å². The van der Waals surface area contributed by atoms with E-state index in [2.05, 4.69) is 101 Å². The van der Waals surface area contributed by atoms with Crippen molar-refractivity contribution in [2.24, 2.45) is 0 Å². The molecule has 0 amide bonds. The Hall–Kier alpha value is -4.18. The standard InChI is InChI=1S/C30H20N4.Mn/c1-2-6-27-19(4-1)5-3-7-28(27)29-17-26-16-24-11-10-22(32-24)14-20-8-9-21(31-20)15-23-12-13-25(33-23)18-30(29)34-26;/h1-18,31,34H;. The van der Waals surface area contributed by atoms with Crippen LogP contribution in [-0.4, -0.2) is 19.9 Å². The summed E-state index contributed by atoms with van der Waals surface area (Å²) in [7, 11) is 0. The van der Waals surface area contributed by atoms with Crippen molar-refractivity contribution in [3.05, 3.63) is 108 Å². The average molecular weight is 491 g/mol. The van der Waals surface area contributed by atoms with Crippen molar-refractivity contribution in [2.45, 2.75) is 0 Å². The maximum atomic E-state index is 4.83. The van der Waals surface area contributed by atoms with Crippen LogP contribution in [0.3, 0.4) is 0 Å². The Morgan fingerprint density at radius 1 is 0.486 bits per heavy atom. The maximum absolute atomic E-state index is 4.83. The van der Waals surface area contributed by atoms with Crippen molar-refractivity contribution in [1.29, 1.82) is 0 Å². The molecule has 0 saturated heterocycles. The van der Waals surface area contributed by atoms with E-state index in [1.54, 1.807) is 0 Å². The molecule has 0 aliphatic carbocycles. The summed E-state index contributed by atoms with van der Waals surface area (Å²) in [5.74, 6) is 0. The molecule has 0 unspecified atom stereocenters. The molecule has 0 saturated carbocycles. The van der Waals surface area contributed by atoms with Gasteiger partial charge in [0.15, 0.2) is 0 Å². The van der Waals surface area contributed by atoms with Crippen molar-refractivity contribution < 1.29 is 17.1 Å². The van der Waals surface area contributed by atoms with Crippen LogP contribution in [0.5, 0.6) is 0 Å². The molecular formula is C30H20MnN4. The minimum absolute atomic E-state index is 0. The van der Waals surface area contributed by atoms with Crippen LogP contribution in [0, 0.1) is 0 Å². The van der Waals surface area contributed by atoms with Crippen LogP contribution in [-0.2, 0) is 17.1 Å². The van der Waals surface area contributed by atoms with Gasteiger partial charge in [0.2, 0.25) is 0 Å². The zero-order chi connectivity index (χ0) is 22.5. The maximum Gasteiger partial charge on any atom is 0.0658 e. The number of hydrogen-bond donors (Lipinski definition) is 2. The molecule has 5 aromatic rings. The Bertz CT molecular complexity index is 1820. The van der Waals surface area contributed by atoms with Gasteiger partial charge in [-0.3, -0.25) is 0 Å². The summed E-state index contributed by atoms with van der Waals surface area (Å²) < 4.78 is 0. The van der Waals surface area contributed by atoms with Crippen molar-refractivity contribution in [3.8, 4) is 11.1 Å². The Balaban J connectivity index is 0.00000229. The molecule has 2 aliphatic heterocycles. The predicted octanol–water partition coefficient (Wildman–Crippen LogP) is 7.47. The van der Waals surface area contributed by atoms with Gasteiger partial charge in [0.1, 0.15) is 0 Å². The van der Waals surface area contributed by atoms with Crippen LogP contribution < -0.4 is 0 Å². The number of rotatable bonds is 1. The van der Waals surface area contributed by atoms with Gasteiger partial charge in [-0.1, -0.05) is 42.5 Å². The predicted molar refractivity (Wildman–Crippen MR) is 142 cm³/mol. The van der Waals surface area contributed by atoms with Crippen molar-refractivity contribution in [1.82, 2.24) is 19.9 Å². The molecule has 35 heavy (non-hydrogen) atoms. The number of aromatic amines is 2. The molecule has 5 heteroatoms. The summed E-state index contributed by atoms with van der Waals surface area (Å²) in [4.78, 5) is 16.6. The van der Waals surface area contributed by atoms with Gasteiger partial charge in [-0.25, -0.2) is 9.97 Å². The quantitative estimate of drug-likeness (QED) is 0.234. The van der Waals surface area contributed by atoms with Gasteiger partial charge in [0.25, 0.3) is 0 Å². The number of fused-ring (bicyclic) bond motifs is 9. The zero-order valence-electron chi connectivity index (χ0n) is 18.7. The molecule has 0 fully saturated rings. The van der Waals surface area contributed by atoms with Gasteiger partial charge in [-0.05, 0) is 83.1 Å². The molecule has 0 atom stereocenters. The summed E-state index contributed by atoms with van der Waals surface area (Å²) in [6.45, 7) is 0. The monoisotopic (exact) mass is 491 g/mol. The number of benzene rings is 2. The first-order chi connectivity index (χ1) is 16.8. The fourth-order valence-electron chi connectivity index (χ4n) is 4.70. The minimum atomic E-state index is 0. The van der Waals surface area contributed by atoms with Gasteiger partial charge in [-0.2, -0.15) is 0 Å². The van der Waals surface area contributed by atoms with Crippen molar-refractivity contribution in [2.75, 3.05) is 0 Å². The third-order valence-corrected chi connectivity index (χ3v) is 6.25. The molecule has 2 aliphatic rings. The van der Waals surface area contributed by atoms with Gasteiger partial charge < -0.3 is 9.97 Å². The van der Waals surface area contributed by atoms with Gasteiger partial charge >= 0.3 is 0 Å². The Labute approximate surface area is 212 Å². The number of nitrogens with zero attached hydrogens (tertiary/aromatic N) is 2. The second kappa shape index (κ2) is 8.55. The Morgan fingerprint density at radius 3 is 1.80 bits per heavy atom. The summed E-state index contributed by atoms with van der Waals surface area (Å²) in [5.41, 5.74) is 10.1. The second-order valence-corrected chi connectivity index (χ2v) is 8.61. The van der Waals surface area contributed by atoms with E-state index in [0.717, 1.165) is 50.4 Å². The van der Waals surface area contributed by atoms with E-state index in [1.807, 2.05) is 18.2 Å². The topological polar surface area (TPSA) is 57.4 Å². The van der Waals surface area contributed by atoms with Crippen LogP contribution in [0.15, 0.2) is 84.9 Å². The van der Waals surface area contributed by atoms with Crippen LogP contribution >= 0.6 is 0 Å². The molecule has 3 aromatic heterocycles. The fourth-order valence-corrected chi connectivity index (χ4v) is 4.70. The summed E-state index contributed by atoms with van der Waals surface area (Å²) in [6, 6.07) is 29.6. The number of H-pyrrole nitrogens is 2. The number of hydrogen-bond acceptors (Lipinski definition) is 2. The van der Waals surface area contributed by atoms with Crippen LogP contribution in [0.1, 0.15) is 22.8 Å². The van der Waals surface area contributed by atoms with Crippen LogP contribution in [0.4, 0.5) is 0 Å². The third kappa shape index (κ3) is 4.01. The van der Waals surface area contributed by atoms with Crippen LogP contribution in [0.25, 0.3) is 68.3 Å². The summed E-state index contributed by atoms with van der Waals surface area (Å²) in [5, 5.41) is 2.45.